The van der Waals surface area contributed by atoms with Gasteiger partial charge in [-0.3, -0.25) is 5.10 Å². The third kappa shape index (κ3) is 2.24. The van der Waals surface area contributed by atoms with Crippen LogP contribution in [0.4, 0.5) is 5.82 Å². The number of nitriles is 1. The third-order valence-electron chi connectivity index (χ3n) is 2.86. The third-order valence-corrected chi connectivity index (χ3v) is 2.86. The molecule has 5 nitrogen and oxygen atoms in total. The van der Waals surface area contributed by atoms with Crippen LogP contribution in [0.1, 0.15) is 11.3 Å². The number of anilines is 1. The summed E-state index contributed by atoms with van der Waals surface area (Å²) in [6, 6.07) is 13.5. The fraction of sp³-hybridized carbons (Fsp3) is 0.0714. The molecule has 0 radical (unpaired) electrons. The standard InChI is InChI=1S/C14H11N5/c15-8-10-7-14(16-9-11-5-6-17-19-11)18-13-4-2-1-3-12(10)13/h1-7H,9H2,(H,16,18)(H,17,19). The molecule has 19 heavy (non-hydrogen) atoms. The number of hydrogen-bond acceptors (Lipinski definition) is 4. The summed E-state index contributed by atoms with van der Waals surface area (Å²) < 4.78 is 0. The number of nitrogens with one attached hydrogen (secondary N) is 2. The minimum atomic E-state index is 0.593. The zero-order chi connectivity index (χ0) is 13.1. The number of benzene rings is 1. The number of fused-ring (bicyclic) bond motifs is 1. The van der Waals surface area contributed by atoms with E-state index < -0.39 is 0 Å². The average Bonchev–Trinajstić information content (AvgIpc) is 2.97. The van der Waals surface area contributed by atoms with E-state index in [2.05, 4.69) is 26.6 Å². The smallest absolute Gasteiger partial charge is 0.128 e. The van der Waals surface area contributed by atoms with Crippen LogP contribution >= 0.6 is 0 Å². The van der Waals surface area contributed by atoms with Crippen LogP contribution in [0.2, 0.25) is 0 Å². The Balaban J connectivity index is 1.94. The van der Waals surface area contributed by atoms with E-state index in [1.807, 2.05) is 30.3 Å². The van der Waals surface area contributed by atoms with Gasteiger partial charge in [-0.1, -0.05) is 18.2 Å². The first-order chi connectivity index (χ1) is 9.36. The molecular formula is C14H11N5. The van der Waals surface area contributed by atoms with Gasteiger partial charge in [0.2, 0.25) is 0 Å². The monoisotopic (exact) mass is 249 g/mol. The summed E-state index contributed by atoms with van der Waals surface area (Å²) in [4.78, 5) is 4.49. The lowest BCUT2D eigenvalue weighted by molar-refractivity contribution is 0.976. The molecule has 0 aliphatic rings. The highest BCUT2D eigenvalue weighted by Gasteiger charge is 2.05. The van der Waals surface area contributed by atoms with E-state index in [0.717, 1.165) is 16.6 Å². The van der Waals surface area contributed by atoms with Crippen molar-refractivity contribution < 1.29 is 0 Å². The summed E-state index contributed by atoms with van der Waals surface area (Å²) in [5.41, 5.74) is 2.40. The largest absolute Gasteiger partial charge is 0.364 e. The number of nitrogens with zero attached hydrogens (tertiary/aromatic N) is 3. The van der Waals surface area contributed by atoms with Crippen LogP contribution < -0.4 is 5.32 Å². The van der Waals surface area contributed by atoms with Crippen molar-refractivity contribution in [3.05, 3.63) is 53.9 Å². The summed E-state index contributed by atoms with van der Waals surface area (Å²) >= 11 is 0. The minimum Gasteiger partial charge on any atom is -0.364 e. The van der Waals surface area contributed by atoms with Crippen molar-refractivity contribution in [1.29, 1.82) is 5.26 Å². The van der Waals surface area contributed by atoms with Crippen molar-refractivity contribution in [3.8, 4) is 6.07 Å². The molecule has 5 heteroatoms. The van der Waals surface area contributed by atoms with E-state index in [1.54, 1.807) is 12.3 Å². The first-order valence-electron chi connectivity index (χ1n) is 5.89. The average molecular weight is 249 g/mol. The van der Waals surface area contributed by atoms with Crippen LogP contribution in [0, 0.1) is 11.3 Å². The Kier molecular flexibility index (Phi) is 2.83. The molecule has 0 spiro atoms. The zero-order valence-corrected chi connectivity index (χ0v) is 10.1. The Morgan fingerprint density at radius 1 is 1.26 bits per heavy atom. The first kappa shape index (κ1) is 11.2. The quantitative estimate of drug-likeness (QED) is 0.747. The predicted molar refractivity (Wildman–Crippen MR) is 72.4 cm³/mol. The van der Waals surface area contributed by atoms with Gasteiger partial charge in [-0.25, -0.2) is 4.98 Å². The summed E-state index contributed by atoms with van der Waals surface area (Å²) in [6.45, 7) is 0.593. The lowest BCUT2D eigenvalue weighted by Crippen LogP contribution is -2.02. The van der Waals surface area contributed by atoms with E-state index in [4.69, 9.17) is 0 Å². The Bertz CT molecular complexity index is 740. The maximum Gasteiger partial charge on any atom is 0.128 e. The van der Waals surface area contributed by atoms with E-state index in [1.165, 1.54) is 0 Å². The molecule has 2 N–H and O–H groups in total. The molecule has 2 aromatic heterocycles. The van der Waals surface area contributed by atoms with Gasteiger partial charge in [0.1, 0.15) is 5.82 Å². The molecule has 0 amide bonds. The Hall–Kier alpha value is -2.87. The van der Waals surface area contributed by atoms with Crippen molar-refractivity contribution in [1.82, 2.24) is 15.2 Å². The van der Waals surface area contributed by atoms with Gasteiger partial charge in [-0.15, -0.1) is 0 Å². The maximum atomic E-state index is 9.19. The molecule has 1 aromatic carbocycles. The van der Waals surface area contributed by atoms with E-state index in [9.17, 15) is 5.26 Å². The summed E-state index contributed by atoms with van der Waals surface area (Å²) in [5, 5.41) is 20.0. The molecule has 0 unspecified atom stereocenters. The Labute approximate surface area is 109 Å². The predicted octanol–water partition coefficient (Wildman–Crippen LogP) is 2.44. The number of hydrogen-bond donors (Lipinski definition) is 2. The normalized spacial score (nSPS) is 10.3. The van der Waals surface area contributed by atoms with Gasteiger partial charge in [0, 0.05) is 11.6 Å². The van der Waals surface area contributed by atoms with Crippen molar-refractivity contribution >= 4 is 16.7 Å². The fourth-order valence-corrected chi connectivity index (χ4v) is 1.93. The molecule has 0 saturated heterocycles. The van der Waals surface area contributed by atoms with Gasteiger partial charge < -0.3 is 5.32 Å². The molecule has 0 bridgehead atoms. The van der Waals surface area contributed by atoms with E-state index in [-0.39, 0.29) is 0 Å². The van der Waals surface area contributed by atoms with Crippen LogP contribution in [-0.2, 0) is 6.54 Å². The van der Waals surface area contributed by atoms with Crippen molar-refractivity contribution in [3.63, 3.8) is 0 Å². The number of aromatic amines is 1. The molecule has 0 fully saturated rings. The number of para-hydroxylation sites is 1. The van der Waals surface area contributed by atoms with Gasteiger partial charge in [-0.2, -0.15) is 10.4 Å². The summed E-state index contributed by atoms with van der Waals surface area (Å²) in [7, 11) is 0. The van der Waals surface area contributed by atoms with Crippen LogP contribution in [0.3, 0.4) is 0 Å². The molecule has 92 valence electrons. The van der Waals surface area contributed by atoms with Gasteiger partial charge in [0.25, 0.3) is 0 Å². The highest BCUT2D eigenvalue weighted by molar-refractivity contribution is 5.86. The number of aromatic nitrogens is 3. The second-order valence-corrected chi connectivity index (χ2v) is 4.12. The molecule has 0 aliphatic carbocycles. The molecule has 0 atom stereocenters. The Morgan fingerprint density at radius 3 is 2.95 bits per heavy atom. The van der Waals surface area contributed by atoms with Crippen LogP contribution in [0.25, 0.3) is 10.9 Å². The second-order valence-electron chi connectivity index (χ2n) is 4.12. The van der Waals surface area contributed by atoms with Crippen molar-refractivity contribution in [2.45, 2.75) is 6.54 Å². The summed E-state index contributed by atoms with van der Waals surface area (Å²) in [6.07, 6.45) is 1.70. The van der Waals surface area contributed by atoms with Gasteiger partial charge >= 0.3 is 0 Å². The molecule has 0 aliphatic heterocycles. The second kappa shape index (κ2) is 4.78. The molecule has 3 aromatic rings. The van der Waals surface area contributed by atoms with E-state index >= 15 is 0 Å². The zero-order valence-electron chi connectivity index (χ0n) is 10.1. The van der Waals surface area contributed by atoms with Crippen LogP contribution in [0.5, 0.6) is 0 Å². The van der Waals surface area contributed by atoms with Crippen molar-refractivity contribution in [2.24, 2.45) is 0 Å². The lowest BCUT2D eigenvalue weighted by atomic mass is 10.1. The fourth-order valence-electron chi connectivity index (χ4n) is 1.93. The highest BCUT2D eigenvalue weighted by Crippen LogP contribution is 2.20. The molecular weight excluding hydrogens is 238 g/mol. The topological polar surface area (TPSA) is 77.4 Å². The first-order valence-corrected chi connectivity index (χ1v) is 5.89. The van der Waals surface area contributed by atoms with Gasteiger partial charge in [0.15, 0.2) is 0 Å². The van der Waals surface area contributed by atoms with E-state index in [0.29, 0.717) is 17.9 Å². The Morgan fingerprint density at radius 2 is 2.16 bits per heavy atom. The van der Waals surface area contributed by atoms with Gasteiger partial charge in [0.05, 0.1) is 29.4 Å². The van der Waals surface area contributed by atoms with Crippen molar-refractivity contribution in [2.75, 3.05) is 5.32 Å². The molecule has 2 heterocycles. The highest BCUT2D eigenvalue weighted by atomic mass is 15.1. The van der Waals surface area contributed by atoms with Crippen LogP contribution in [-0.4, -0.2) is 15.2 Å². The van der Waals surface area contributed by atoms with Crippen LogP contribution in [0.15, 0.2) is 42.6 Å². The molecule has 3 rings (SSSR count). The summed E-state index contributed by atoms with van der Waals surface area (Å²) in [5.74, 6) is 0.685. The maximum absolute atomic E-state index is 9.19. The number of rotatable bonds is 3. The molecule has 0 saturated carbocycles. The van der Waals surface area contributed by atoms with Gasteiger partial charge in [-0.05, 0) is 18.2 Å². The minimum absolute atomic E-state index is 0.593. The number of pyridine rings is 1. The lowest BCUT2D eigenvalue weighted by Gasteiger charge is -2.06. The number of H-pyrrole nitrogens is 1. The SMILES string of the molecule is N#Cc1cc(NCc2ccn[nH]2)nc2ccccc12.